The lowest BCUT2D eigenvalue weighted by Gasteiger charge is -2.40. The van der Waals surface area contributed by atoms with Gasteiger partial charge in [0.2, 0.25) is 0 Å². The second-order valence-corrected chi connectivity index (χ2v) is 10.4. The van der Waals surface area contributed by atoms with E-state index < -0.39 is 5.82 Å². The monoisotopic (exact) mass is 487 g/mol. The number of fused-ring (bicyclic) bond motifs is 2. The number of anilines is 1. The van der Waals surface area contributed by atoms with E-state index in [0.29, 0.717) is 49.1 Å². The van der Waals surface area contributed by atoms with Crippen molar-refractivity contribution in [3.8, 4) is 17.0 Å². The summed E-state index contributed by atoms with van der Waals surface area (Å²) in [7, 11) is 4.13. The number of nitrogens with one attached hydrogen (secondary N) is 1. The Morgan fingerprint density at radius 3 is 2.74 bits per heavy atom. The highest BCUT2D eigenvalue weighted by Gasteiger charge is 2.47. The van der Waals surface area contributed by atoms with Crippen LogP contribution in [0.15, 0.2) is 24.3 Å². The number of benzene rings is 1. The SMILES string of the molecule is CN(C)C1CCN(c2nc(-c3ccccc3F)c(Cl)c3c2C(=O)N2CCNC[C@@H]2CO3)C1(C)C. The average Bonchev–Trinajstić information content (AvgIpc) is 3.04. The standard InChI is InChI=1S/C25H31ClFN5O2/c1-25(2)18(30(3)4)9-11-32(25)23-19-22(34-14-15-13-28-10-12-31(15)24(19)33)20(26)21(29-23)16-7-5-6-8-17(16)27/h5-8,15,18,28H,9-14H2,1-4H3/t15-,18?/m1/s1. The molecule has 3 aliphatic heterocycles. The van der Waals surface area contributed by atoms with E-state index in [1.165, 1.54) is 6.07 Å². The summed E-state index contributed by atoms with van der Waals surface area (Å²) in [5, 5.41) is 3.50. The molecule has 2 saturated heterocycles. The Labute approximate surface area is 204 Å². The van der Waals surface area contributed by atoms with Crippen LogP contribution in [-0.2, 0) is 0 Å². The minimum absolute atomic E-state index is 0.101. The third kappa shape index (κ3) is 3.63. The average molecular weight is 488 g/mol. The van der Waals surface area contributed by atoms with Crippen molar-refractivity contribution < 1.29 is 13.9 Å². The number of hydrogen-bond acceptors (Lipinski definition) is 6. The van der Waals surface area contributed by atoms with Crippen LogP contribution >= 0.6 is 11.6 Å². The molecule has 0 radical (unpaired) electrons. The molecule has 34 heavy (non-hydrogen) atoms. The number of carbonyl (C=O) groups is 1. The number of nitrogens with zero attached hydrogens (tertiary/aromatic N) is 4. The number of halogens is 2. The predicted molar refractivity (Wildman–Crippen MR) is 131 cm³/mol. The van der Waals surface area contributed by atoms with Gasteiger partial charge in [-0.1, -0.05) is 23.7 Å². The molecule has 2 atom stereocenters. The summed E-state index contributed by atoms with van der Waals surface area (Å²) in [6.07, 6.45) is 0.916. The lowest BCUT2D eigenvalue weighted by atomic mass is 9.94. The highest BCUT2D eigenvalue weighted by molar-refractivity contribution is 6.35. The largest absolute Gasteiger partial charge is 0.489 e. The van der Waals surface area contributed by atoms with Gasteiger partial charge in [-0.05, 0) is 46.5 Å². The summed E-state index contributed by atoms with van der Waals surface area (Å²) in [4.78, 5) is 25.1. The quantitative estimate of drug-likeness (QED) is 0.717. The zero-order valence-electron chi connectivity index (χ0n) is 20.1. The van der Waals surface area contributed by atoms with Crippen LogP contribution < -0.4 is 15.0 Å². The first-order chi connectivity index (χ1) is 16.2. The van der Waals surface area contributed by atoms with Crippen molar-refractivity contribution in [3.63, 3.8) is 0 Å². The Bertz CT molecular complexity index is 1120. The zero-order chi connectivity index (χ0) is 24.2. The molecule has 2 aromatic rings. The molecule has 1 aromatic heterocycles. The molecule has 1 unspecified atom stereocenters. The van der Waals surface area contributed by atoms with E-state index in [0.717, 1.165) is 13.0 Å². The molecule has 9 heteroatoms. The third-order valence-corrected chi connectivity index (χ3v) is 7.82. The summed E-state index contributed by atoms with van der Waals surface area (Å²) >= 11 is 6.83. The van der Waals surface area contributed by atoms with E-state index in [-0.39, 0.29) is 34.1 Å². The molecule has 0 aliphatic carbocycles. The maximum atomic E-state index is 14.9. The van der Waals surface area contributed by atoms with E-state index in [9.17, 15) is 9.18 Å². The summed E-state index contributed by atoms with van der Waals surface area (Å²) in [6.45, 7) is 7.30. The molecule has 0 saturated carbocycles. The first-order valence-electron chi connectivity index (χ1n) is 11.8. The topological polar surface area (TPSA) is 60.9 Å². The number of piperazine rings is 1. The number of amides is 1. The number of pyridine rings is 1. The number of carbonyl (C=O) groups excluding carboxylic acids is 1. The molecule has 0 bridgehead atoms. The molecule has 3 aliphatic rings. The number of aromatic nitrogens is 1. The van der Waals surface area contributed by atoms with Gasteiger partial charge in [0.25, 0.3) is 5.91 Å². The van der Waals surface area contributed by atoms with Crippen molar-refractivity contribution in [3.05, 3.63) is 40.7 Å². The van der Waals surface area contributed by atoms with E-state index in [2.05, 4.69) is 43.1 Å². The fourth-order valence-electron chi connectivity index (χ4n) is 5.73. The summed E-state index contributed by atoms with van der Waals surface area (Å²) in [5.41, 5.74) is 0.642. The fraction of sp³-hybridized carbons (Fsp3) is 0.520. The van der Waals surface area contributed by atoms with E-state index >= 15 is 0 Å². The minimum atomic E-state index is -0.420. The first kappa shape index (κ1) is 23.3. The van der Waals surface area contributed by atoms with Crippen molar-refractivity contribution >= 4 is 23.3 Å². The normalized spacial score (nSPS) is 24.0. The van der Waals surface area contributed by atoms with Crippen LogP contribution in [0, 0.1) is 5.82 Å². The van der Waals surface area contributed by atoms with Crippen molar-refractivity contribution in [1.29, 1.82) is 0 Å². The van der Waals surface area contributed by atoms with Gasteiger partial charge in [0.1, 0.15) is 28.8 Å². The van der Waals surface area contributed by atoms with Crippen LogP contribution in [0.25, 0.3) is 11.3 Å². The Morgan fingerprint density at radius 2 is 2.03 bits per heavy atom. The van der Waals surface area contributed by atoms with Crippen molar-refractivity contribution in [2.45, 2.75) is 37.9 Å². The molecule has 1 N–H and O–H groups in total. The second-order valence-electron chi connectivity index (χ2n) is 10.0. The van der Waals surface area contributed by atoms with Crippen LogP contribution in [0.4, 0.5) is 10.2 Å². The van der Waals surface area contributed by atoms with Crippen LogP contribution in [0.1, 0.15) is 30.6 Å². The van der Waals surface area contributed by atoms with Gasteiger partial charge in [-0.3, -0.25) is 4.79 Å². The molecule has 182 valence electrons. The van der Waals surface area contributed by atoms with Crippen LogP contribution in [-0.4, -0.2) is 85.2 Å². The van der Waals surface area contributed by atoms with E-state index in [1.807, 2.05) is 4.90 Å². The zero-order valence-corrected chi connectivity index (χ0v) is 20.8. The number of likely N-dealkylation sites (N-methyl/N-ethyl adjacent to an activating group) is 1. The van der Waals surface area contributed by atoms with Gasteiger partial charge >= 0.3 is 0 Å². The Balaban J connectivity index is 1.74. The molecule has 0 spiro atoms. The Hall–Kier alpha value is -2.42. The molecule has 1 amide bonds. The Morgan fingerprint density at radius 1 is 1.26 bits per heavy atom. The van der Waals surface area contributed by atoms with E-state index in [4.69, 9.17) is 21.3 Å². The summed E-state index contributed by atoms with van der Waals surface area (Å²) in [6, 6.07) is 6.58. The highest BCUT2D eigenvalue weighted by atomic mass is 35.5. The summed E-state index contributed by atoms with van der Waals surface area (Å²) < 4.78 is 21.1. The predicted octanol–water partition coefficient (Wildman–Crippen LogP) is 3.27. The molecule has 7 nitrogen and oxygen atoms in total. The maximum Gasteiger partial charge on any atom is 0.261 e. The maximum absolute atomic E-state index is 14.9. The van der Waals surface area contributed by atoms with Crippen molar-refractivity contribution in [2.75, 3.05) is 51.8 Å². The molecular formula is C25H31ClFN5O2. The molecule has 2 fully saturated rings. The smallest absolute Gasteiger partial charge is 0.261 e. The van der Waals surface area contributed by atoms with Crippen LogP contribution in [0.5, 0.6) is 5.75 Å². The lowest BCUT2D eigenvalue weighted by Crippen LogP contribution is -2.55. The molecule has 1 aromatic carbocycles. The highest BCUT2D eigenvalue weighted by Crippen LogP contribution is 2.46. The van der Waals surface area contributed by atoms with Gasteiger partial charge in [0.05, 0.1) is 17.3 Å². The minimum Gasteiger partial charge on any atom is -0.489 e. The summed E-state index contributed by atoms with van der Waals surface area (Å²) in [5.74, 6) is 0.258. The van der Waals surface area contributed by atoms with Gasteiger partial charge in [-0.2, -0.15) is 0 Å². The number of hydrogen-bond donors (Lipinski definition) is 1. The van der Waals surface area contributed by atoms with Crippen LogP contribution in [0.3, 0.4) is 0 Å². The Kier molecular flexibility index (Phi) is 5.94. The van der Waals surface area contributed by atoms with Gasteiger partial charge in [0.15, 0.2) is 5.75 Å². The van der Waals surface area contributed by atoms with Crippen molar-refractivity contribution in [2.24, 2.45) is 0 Å². The number of ether oxygens (including phenoxy) is 1. The van der Waals surface area contributed by atoms with Crippen molar-refractivity contribution in [1.82, 2.24) is 20.1 Å². The molecule has 4 heterocycles. The van der Waals surface area contributed by atoms with E-state index in [1.54, 1.807) is 18.2 Å². The molecule has 5 rings (SSSR count). The fourth-order valence-corrected chi connectivity index (χ4v) is 6.02. The third-order valence-electron chi connectivity index (χ3n) is 7.47. The first-order valence-corrected chi connectivity index (χ1v) is 12.2. The number of rotatable bonds is 3. The van der Waals surface area contributed by atoms with Gasteiger partial charge in [0, 0.05) is 37.8 Å². The lowest BCUT2D eigenvalue weighted by molar-refractivity contribution is 0.0606. The second kappa shape index (κ2) is 8.66. The van der Waals surface area contributed by atoms with Gasteiger partial charge in [-0.25, -0.2) is 9.37 Å². The van der Waals surface area contributed by atoms with Gasteiger partial charge in [-0.15, -0.1) is 0 Å². The van der Waals surface area contributed by atoms with Gasteiger partial charge < -0.3 is 24.8 Å². The molecular weight excluding hydrogens is 457 g/mol. The van der Waals surface area contributed by atoms with Crippen LogP contribution in [0.2, 0.25) is 5.02 Å².